The van der Waals surface area contributed by atoms with Gasteiger partial charge in [-0.15, -0.1) is 11.8 Å². The molecule has 1 aromatic heterocycles. The summed E-state index contributed by atoms with van der Waals surface area (Å²) in [5.41, 5.74) is 4.27. The number of fused-ring (bicyclic) bond motifs is 3. The highest BCUT2D eigenvalue weighted by molar-refractivity contribution is 8.00. The quantitative estimate of drug-likeness (QED) is 0.377. The Morgan fingerprint density at radius 3 is 2.68 bits per heavy atom. The Kier molecular flexibility index (Phi) is 4.59. The van der Waals surface area contributed by atoms with Crippen molar-refractivity contribution in [2.24, 2.45) is 0 Å². The average molecular weight is 433 g/mol. The van der Waals surface area contributed by atoms with Crippen LogP contribution in [0.4, 0.5) is 5.69 Å². The maximum atomic E-state index is 13.1. The van der Waals surface area contributed by atoms with E-state index < -0.39 is 16.2 Å². The second-order valence-corrected chi connectivity index (χ2v) is 8.09. The number of benzene rings is 3. The van der Waals surface area contributed by atoms with Gasteiger partial charge in [0.15, 0.2) is 0 Å². The summed E-state index contributed by atoms with van der Waals surface area (Å²) in [6.45, 7) is 0. The molecule has 0 aliphatic carbocycles. The summed E-state index contributed by atoms with van der Waals surface area (Å²) in [5.74, 6) is -0.519. The van der Waals surface area contributed by atoms with E-state index >= 15 is 0 Å². The highest BCUT2D eigenvalue weighted by Gasteiger charge is 2.35. The smallest absolute Gasteiger partial charge is 0.273 e. The van der Waals surface area contributed by atoms with Gasteiger partial charge in [0.25, 0.3) is 17.5 Å². The van der Waals surface area contributed by atoms with E-state index in [1.807, 2.05) is 36.4 Å². The zero-order valence-corrected chi connectivity index (χ0v) is 16.8. The summed E-state index contributed by atoms with van der Waals surface area (Å²) in [5, 5.41) is 14.2. The van der Waals surface area contributed by atoms with Crippen LogP contribution >= 0.6 is 11.8 Å². The lowest BCUT2D eigenvalue weighted by molar-refractivity contribution is -0.384. The van der Waals surface area contributed by atoms with Gasteiger partial charge in [0, 0.05) is 17.5 Å². The lowest BCUT2D eigenvalue weighted by Gasteiger charge is -2.24. The van der Waals surface area contributed by atoms with Crippen molar-refractivity contribution in [1.29, 1.82) is 0 Å². The molecule has 4 aromatic rings. The lowest BCUT2D eigenvalue weighted by atomic mass is 10.0. The molecule has 8 nitrogen and oxygen atoms in total. The van der Waals surface area contributed by atoms with Crippen molar-refractivity contribution in [3.8, 4) is 0 Å². The summed E-state index contributed by atoms with van der Waals surface area (Å²) in [7, 11) is 0. The zero-order chi connectivity index (χ0) is 21.5. The number of nitro benzene ring substituents is 1. The SMILES string of the molecule is O=C(NN1C(=O)CSC1c1ccc([N+](=O)[O-])cc1)c1coc2ccc3ccccc3c12. The Balaban J connectivity index is 1.47. The number of hydrogen-bond donors (Lipinski definition) is 1. The second-order valence-electron chi connectivity index (χ2n) is 7.03. The van der Waals surface area contributed by atoms with E-state index in [1.54, 1.807) is 12.1 Å². The first-order valence-corrected chi connectivity index (χ1v) is 10.5. The van der Waals surface area contributed by atoms with Gasteiger partial charge >= 0.3 is 0 Å². The van der Waals surface area contributed by atoms with Crippen LogP contribution in [0.25, 0.3) is 21.7 Å². The Morgan fingerprint density at radius 2 is 1.90 bits per heavy atom. The Hall–Kier alpha value is -3.85. The van der Waals surface area contributed by atoms with Crippen molar-refractivity contribution in [3.05, 3.63) is 88.2 Å². The first kappa shape index (κ1) is 19.1. The fraction of sp³-hybridized carbons (Fsp3) is 0.0909. The molecule has 2 heterocycles. The van der Waals surface area contributed by atoms with Crippen molar-refractivity contribution in [2.75, 3.05) is 5.75 Å². The van der Waals surface area contributed by atoms with Gasteiger partial charge in [0.05, 0.1) is 16.2 Å². The average Bonchev–Trinajstić information content (AvgIpc) is 3.38. The van der Waals surface area contributed by atoms with Gasteiger partial charge in [0.2, 0.25) is 0 Å². The topological polar surface area (TPSA) is 106 Å². The molecular weight excluding hydrogens is 418 g/mol. The second kappa shape index (κ2) is 7.44. The minimum absolute atomic E-state index is 0.0367. The van der Waals surface area contributed by atoms with E-state index in [9.17, 15) is 19.7 Å². The van der Waals surface area contributed by atoms with E-state index in [0.29, 0.717) is 22.1 Å². The van der Waals surface area contributed by atoms with E-state index in [2.05, 4.69) is 5.43 Å². The molecule has 0 bridgehead atoms. The third-order valence-corrected chi connectivity index (χ3v) is 6.40. The molecule has 3 aromatic carbocycles. The zero-order valence-electron chi connectivity index (χ0n) is 16.0. The number of furan rings is 1. The van der Waals surface area contributed by atoms with Gasteiger partial charge in [0.1, 0.15) is 17.2 Å². The lowest BCUT2D eigenvalue weighted by Crippen LogP contribution is -2.44. The minimum atomic E-state index is -0.482. The summed E-state index contributed by atoms with van der Waals surface area (Å²) in [4.78, 5) is 36.0. The van der Waals surface area contributed by atoms with Crippen molar-refractivity contribution >= 4 is 51.0 Å². The number of carbonyl (C=O) groups excluding carboxylic acids is 2. The fourth-order valence-electron chi connectivity index (χ4n) is 3.70. The number of nitrogens with zero attached hydrogens (tertiary/aromatic N) is 2. The maximum absolute atomic E-state index is 13.1. The van der Waals surface area contributed by atoms with Crippen LogP contribution in [0.1, 0.15) is 21.3 Å². The third-order valence-electron chi connectivity index (χ3n) is 5.19. The molecule has 0 radical (unpaired) electrons. The molecule has 1 unspecified atom stereocenters. The number of carbonyl (C=O) groups is 2. The molecular formula is C22H15N3O5S. The number of thioether (sulfide) groups is 1. The molecule has 5 rings (SSSR count). The van der Waals surface area contributed by atoms with Gasteiger partial charge in [-0.2, -0.15) is 0 Å². The van der Waals surface area contributed by atoms with E-state index in [0.717, 1.165) is 10.8 Å². The number of non-ortho nitro benzene ring substituents is 1. The third kappa shape index (κ3) is 3.28. The summed E-state index contributed by atoms with van der Waals surface area (Å²) in [6.07, 6.45) is 1.39. The molecule has 1 saturated heterocycles. The Labute approximate surface area is 179 Å². The number of nitrogens with one attached hydrogen (secondary N) is 1. The van der Waals surface area contributed by atoms with Crippen molar-refractivity contribution in [3.63, 3.8) is 0 Å². The molecule has 1 aliphatic rings. The summed E-state index contributed by atoms with van der Waals surface area (Å²) in [6, 6.07) is 17.4. The number of amides is 2. The van der Waals surface area contributed by atoms with Crippen LogP contribution in [-0.2, 0) is 4.79 Å². The van der Waals surface area contributed by atoms with Crippen LogP contribution in [0.15, 0.2) is 71.3 Å². The number of nitro groups is 1. The summed E-state index contributed by atoms with van der Waals surface area (Å²) < 4.78 is 5.58. The highest BCUT2D eigenvalue weighted by atomic mass is 32.2. The van der Waals surface area contributed by atoms with E-state index in [-0.39, 0.29) is 17.3 Å². The van der Waals surface area contributed by atoms with E-state index in [4.69, 9.17) is 4.42 Å². The molecule has 1 fully saturated rings. The molecule has 2 amide bonds. The largest absolute Gasteiger partial charge is 0.463 e. The molecule has 31 heavy (non-hydrogen) atoms. The normalized spacial score (nSPS) is 16.2. The monoisotopic (exact) mass is 433 g/mol. The molecule has 154 valence electrons. The van der Waals surface area contributed by atoms with Crippen molar-refractivity contribution in [2.45, 2.75) is 5.37 Å². The molecule has 0 saturated carbocycles. The summed E-state index contributed by atoms with van der Waals surface area (Å²) >= 11 is 1.34. The van der Waals surface area contributed by atoms with Gasteiger partial charge < -0.3 is 4.42 Å². The molecule has 1 aliphatic heterocycles. The number of rotatable bonds is 4. The van der Waals surface area contributed by atoms with Crippen molar-refractivity contribution in [1.82, 2.24) is 10.4 Å². The fourth-order valence-corrected chi connectivity index (χ4v) is 4.81. The van der Waals surface area contributed by atoms with Crippen LogP contribution < -0.4 is 5.43 Å². The molecule has 1 N–H and O–H groups in total. The number of hydrogen-bond acceptors (Lipinski definition) is 6. The van der Waals surface area contributed by atoms with Crippen LogP contribution in [0.5, 0.6) is 0 Å². The van der Waals surface area contributed by atoms with E-state index in [1.165, 1.54) is 35.2 Å². The predicted molar refractivity (Wildman–Crippen MR) is 116 cm³/mol. The van der Waals surface area contributed by atoms with Crippen LogP contribution in [-0.4, -0.2) is 27.5 Å². The van der Waals surface area contributed by atoms with Crippen LogP contribution in [0, 0.1) is 10.1 Å². The molecule has 1 atom stereocenters. The van der Waals surface area contributed by atoms with Gasteiger partial charge in [-0.1, -0.05) is 30.3 Å². The van der Waals surface area contributed by atoms with Crippen LogP contribution in [0.2, 0.25) is 0 Å². The maximum Gasteiger partial charge on any atom is 0.273 e. The highest BCUT2D eigenvalue weighted by Crippen LogP contribution is 2.38. The van der Waals surface area contributed by atoms with Crippen LogP contribution in [0.3, 0.4) is 0 Å². The Bertz CT molecular complexity index is 1350. The predicted octanol–water partition coefficient (Wildman–Crippen LogP) is 4.41. The minimum Gasteiger partial charge on any atom is -0.463 e. The standard InChI is InChI=1S/C22H15N3O5S/c26-19-12-31-22(14-5-8-15(9-6-14)25(28)29)24(19)23-21(27)17-11-30-18-10-7-13-3-1-2-4-16(13)20(17)18/h1-11,22H,12H2,(H,23,27). The van der Waals surface area contributed by atoms with Gasteiger partial charge in [-0.25, -0.2) is 5.01 Å². The number of hydrazine groups is 1. The Morgan fingerprint density at radius 1 is 1.13 bits per heavy atom. The molecule has 9 heteroatoms. The first-order chi connectivity index (χ1) is 15.0. The van der Waals surface area contributed by atoms with Gasteiger partial charge in [-0.3, -0.25) is 25.1 Å². The van der Waals surface area contributed by atoms with Gasteiger partial charge in [-0.05, 0) is 34.5 Å². The van der Waals surface area contributed by atoms with Crippen molar-refractivity contribution < 1.29 is 18.9 Å². The first-order valence-electron chi connectivity index (χ1n) is 9.41. The molecule has 0 spiro atoms.